The molecular weight excluding hydrogens is 311 g/mol. The summed E-state index contributed by atoms with van der Waals surface area (Å²) in [4.78, 5) is 14.4. The predicted molar refractivity (Wildman–Crippen MR) is 92.2 cm³/mol. The summed E-state index contributed by atoms with van der Waals surface area (Å²) in [5.74, 6) is 0.217. The van der Waals surface area contributed by atoms with Crippen molar-refractivity contribution in [1.82, 2.24) is 9.97 Å². The van der Waals surface area contributed by atoms with E-state index in [1.165, 1.54) is 12.4 Å². The van der Waals surface area contributed by atoms with E-state index < -0.39 is 5.82 Å². The molecule has 2 aliphatic heterocycles. The monoisotopic (exact) mass is 330 g/mol. The molecule has 3 heterocycles. The Morgan fingerprint density at radius 3 is 2.79 bits per heavy atom. The summed E-state index contributed by atoms with van der Waals surface area (Å²) in [6.07, 6.45) is 4.96. The summed E-state index contributed by atoms with van der Waals surface area (Å²) in [5, 5.41) is 6.13. The van der Waals surface area contributed by atoms with Gasteiger partial charge in [0.25, 0.3) is 0 Å². The van der Waals surface area contributed by atoms with Crippen molar-refractivity contribution in [2.24, 2.45) is 10.1 Å². The number of allylic oxidation sites excluding steroid dienone is 1. The largest absolute Gasteiger partial charge is 0.378 e. The number of halogens is 1. The number of hydrogen-bond acceptors (Lipinski definition) is 7. The Morgan fingerprint density at radius 2 is 2.08 bits per heavy atom. The summed E-state index contributed by atoms with van der Waals surface area (Å²) in [7, 11) is 0. The van der Waals surface area contributed by atoms with Crippen molar-refractivity contribution >= 4 is 23.2 Å². The van der Waals surface area contributed by atoms with E-state index >= 15 is 0 Å². The summed E-state index contributed by atoms with van der Waals surface area (Å²) in [6, 6.07) is 0. The molecule has 0 amide bonds. The highest BCUT2D eigenvalue weighted by atomic mass is 19.1. The average molecular weight is 330 g/mol. The Bertz CT molecular complexity index is 696. The summed E-state index contributed by atoms with van der Waals surface area (Å²) < 4.78 is 19.4. The standard InChI is InChI=1S/C16H19FN6O/c1-3-13(18-4-2)14-5-6-23(21-14)16-19-11-12(17)15(20-16)22-7-9-24-10-8-22/h3-4,11H,1-2,5-10H2. The van der Waals surface area contributed by atoms with Crippen LogP contribution in [0.1, 0.15) is 6.42 Å². The molecule has 24 heavy (non-hydrogen) atoms. The first-order valence-corrected chi connectivity index (χ1v) is 7.74. The van der Waals surface area contributed by atoms with E-state index in [1.807, 2.05) is 4.90 Å². The fourth-order valence-electron chi connectivity index (χ4n) is 2.60. The van der Waals surface area contributed by atoms with E-state index in [1.54, 1.807) is 11.1 Å². The minimum atomic E-state index is -0.441. The molecule has 0 spiro atoms. The molecule has 3 rings (SSSR count). The van der Waals surface area contributed by atoms with Gasteiger partial charge in [0.15, 0.2) is 11.6 Å². The Labute approximate surface area is 139 Å². The van der Waals surface area contributed by atoms with Gasteiger partial charge in [-0.25, -0.2) is 14.4 Å². The van der Waals surface area contributed by atoms with Crippen LogP contribution in [-0.2, 0) is 4.74 Å². The molecule has 7 nitrogen and oxygen atoms in total. The third-order valence-electron chi connectivity index (χ3n) is 3.78. The third-order valence-corrected chi connectivity index (χ3v) is 3.78. The van der Waals surface area contributed by atoms with Gasteiger partial charge in [-0.15, -0.1) is 0 Å². The highest BCUT2D eigenvalue weighted by Gasteiger charge is 2.23. The quantitative estimate of drug-likeness (QED) is 0.770. The zero-order chi connectivity index (χ0) is 16.9. The number of nitrogens with zero attached hydrogens (tertiary/aromatic N) is 6. The Hall–Kier alpha value is -2.61. The molecule has 2 aliphatic rings. The van der Waals surface area contributed by atoms with Crippen LogP contribution in [0, 0.1) is 5.82 Å². The van der Waals surface area contributed by atoms with E-state index in [9.17, 15) is 4.39 Å². The molecule has 0 unspecified atom stereocenters. The van der Waals surface area contributed by atoms with E-state index in [4.69, 9.17) is 4.74 Å². The smallest absolute Gasteiger partial charge is 0.248 e. The molecular formula is C16H19FN6O. The molecule has 1 saturated heterocycles. The second-order valence-electron chi connectivity index (χ2n) is 5.26. The molecule has 126 valence electrons. The summed E-state index contributed by atoms with van der Waals surface area (Å²) in [6.45, 7) is 10.3. The summed E-state index contributed by atoms with van der Waals surface area (Å²) in [5.41, 5.74) is 1.45. The second-order valence-corrected chi connectivity index (χ2v) is 5.26. The lowest BCUT2D eigenvalue weighted by Gasteiger charge is -2.28. The SMILES string of the molecule is C=CN=C(C=C)C1=NN(c2ncc(F)c(N3CCOCC3)n2)CC1. The number of rotatable bonds is 5. The number of ether oxygens (including phenoxy) is 1. The zero-order valence-corrected chi connectivity index (χ0v) is 13.4. The van der Waals surface area contributed by atoms with Crippen LogP contribution in [0.2, 0.25) is 0 Å². The van der Waals surface area contributed by atoms with Gasteiger partial charge >= 0.3 is 0 Å². The molecule has 0 bridgehead atoms. The van der Waals surface area contributed by atoms with Crippen LogP contribution < -0.4 is 9.91 Å². The zero-order valence-electron chi connectivity index (χ0n) is 13.4. The van der Waals surface area contributed by atoms with Crippen LogP contribution in [0.25, 0.3) is 0 Å². The maximum Gasteiger partial charge on any atom is 0.248 e. The molecule has 0 N–H and O–H groups in total. The number of aromatic nitrogens is 2. The van der Waals surface area contributed by atoms with Crippen molar-refractivity contribution in [2.75, 3.05) is 42.8 Å². The number of hydrazone groups is 1. The molecule has 0 aliphatic carbocycles. The third kappa shape index (κ3) is 3.33. The van der Waals surface area contributed by atoms with Gasteiger partial charge in [0, 0.05) is 25.7 Å². The van der Waals surface area contributed by atoms with Crippen LogP contribution in [0.5, 0.6) is 0 Å². The number of aliphatic imine (C=N–C) groups is 1. The number of anilines is 2. The van der Waals surface area contributed by atoms with Crippen LogP contribution in [0.3, 0.4) is 0 Å². The average Bonchev–Trinajstić information content (AvgIpc) is 3.10. The molecule has 8 heteroatoms. The maximum atomic E-state index is 14.1. The number of morpholine rings is 1. The van der Waals surface area contributed by atoms with Crippen molar-refractivity contribution in [3.05, 3.63) is 37.4 Å². The van der Waals surface area contributed by atoms with Crippen LogP contribution in [0.15, 0.2) is 41.7 Å². The fourth-order valence-corrected chi connectivity index (χ4v) is 2.60. The van der Waals surface area contributed by atoms with Crippen molar-refractivity contribution in [3.63, 3.8) is 0 Å². The first-order chi connectivity index (χ1) is 11.7. The summed E-state index contributed by atoms with van der Waals surface area (Å²) >= 11 is 0. The van der Waals surface area contributed by atoms with Gasteiger partial charge in [-0.1, -0.05) is 13.2 Å². The molecule has 0 saturated carbocycles. The first kappa shape index (κ1) is 16.3. The van der Waals surface area contributed by atoms with E-state index in [0.29, 0.717) is 50.9 Å². The lowest BCUT2D eigenvalue weighted by molar-refractivity contribution is 0.122. The van der Waals surface area contributed by atoms with Crippen molar-refractivity contribution in [2.45, 2.75) is 6.42 Å². The van der Waals surface area contributed by atoms with Crippen molar-refractivity contribution in [3.8, 4) is 0 Å². The molecule has 0 radical (unpaired) electrons. The Morgan fingerprint density at radius 1 is 1.29 bits per heavy atom. The highest BCUT2D eigenvalue weighted by Crippen LogP contribution is 2.22. The van der Waals surface area contributed by atoms with Crippen molar-refractivity contribution in [1.29, 1.82) is 0 Å². The lowest BCUT2D eigenvalue weighted by Crippen LogP contribution is -2.37. The molecule has 1 aromatic heterocycles. The Balaban J connectivity index is 1.85. The first-order valence-electron chi connectivity index (χ1n) is 7.74. The Kier molecular flexibility index (Phi) is 4.95. The number of hydrogen-bond donors (Lipinski definition) is 0. The highest BCUT2D eigenvalue weighted by molar-refractivity contribution is 6.47. The van der Waals surface area contributed by atoms with E-state index in [-0.39, 0.29) is 5.82 Å². The van der Waals surface area contributed by atoms with E-state index in [0.717, 1.165) is 5.71 Å². The van der Waals surface area contributed by atoms with Gasteiger partial charge in [-0.2, -0.15) is 10.1 Å². The fraction of sp³-hybridized carbons (Fsp3) is 0.375. The normalized spacial score (nSPS) is 18.5. The maximum absolute atomic E-state index is 14.1. The van der Waals surface area contributed by atoms with Gasteiger partial charge in [-0.05, 0) is 6.08 Å². The topological polar surface area (TPSA) is 66.2 Å². The van der Waals surface area contributed by atoms with E-state index in [2.05, 4.69) is 33.2 Å². The van der Waals surface area contributed by atoms with Crippen LogP contribution in [-0.4, -0.2) is 54.2 Å². The van der Waals surface area contributed by atoms with Gasteiger partial charge < -0.3 is 9.64 Å². The predicted octanol–water partition coefficient (Wildman–Crippen LogP) is 1.79. The van der Waals surface area contributed by atoms with Gasteiger partial charge in [-0.3, -0.25) is 4.99 Å². The second kappa shape index (κ2) is 7.31. The minimum Gasteiger partial charge on any atom is -0.378 e. The van der Waals surface area contributed by atoms with Gasteiger partial charge in [0.1, 0.15) is 0 Å². The van der Waals surface area contributed by atoms with Crippen molar-refractivity contribution < 1.29 is 9.13 Å². The van der Waals surface area contributed by atoms with Crippen LogP contribution in [0.4, 0.5) is 16.2 Å². The van der Waals surface area contributed by atoms with Crippen LogP contribution >= 0.6 is 0 Å². The molecule has 0 aromatic carbocycles. The van der Waals surface area contributed by atoms with Gasteiger partial charge in [0.2, 0.25) is 5.95 Å². The molecule has 0 atom stereocenters. The minimum absolute atomic E-state index is 0.288. The van der Waals surface area contributed by atoms with Gasteiger partial charge in [0.05, 0.1) is 37.4 Å². The molecule has 1 aromatic rings. The lowest BCUT2D eigenvalue weighted by atomic mass is 10.2. The molecule has 1 fully saturated rings.